The molecule has 1 aliphatic rings. The van der Waals surface area contributed by atoms with E-state index in [2.05, 4.69) is 26.8 Å². The number of hydrogen-bond acceptors (Lipinski definition) is 6. The van der Waals surface area contributed by atoms with Crippen molar-refractivity contribution in [1.29, 1.82) is 0 Å². The molecule has 2 aromatic heterocycles. The van der Waals surface area contributed by atoms with Crippen LogP contribution < -0.4 is 5.32 Å². The van der Waals surface area contributed by atoms with Crippen molar-refractivity contribution in [1.82, 2.24) is 14.5 Å². The summed E-state index contributed by atoms with van der Waals surface area (Å²) in [5.41, 5.74) is 2.00. The van der Waals surface area contributed by atoms with Crippen molar-refractivity contribution in [3.05, 3.63) is 11.5 Å². The number of aryl methyl sites for hydroxylation is 1. The normalized spacial score (nSPS) is 17.1. The number of aromatic nitrogens is 3. The summed E-state index contributed by atoms with van der Waals surface area (Å²) < 4.78 is 9.67. The van der Waals surface area contributed by atoms with E-state index in [1.165, 1.54) is 11.5 Å². The Hall–Kier alpha value is -1.43. The van der Waals surface area contributed by atoms with E-state index < -0.39 is 0 Å². The number of nitrogens with one attached hydrogen (secondary N) is 1. The lowest BCUT2D eigenvalue weighted by Crippen LogP contribution is -2.01. The predicted octanol–water partition coefficient (Wildman–Crippen LogP) is 2.59. The summed E-state index contributed by atoms with van der Waals surface area (Å²) in [4.78, 5) is 4.50. The Labute approximate surface area is 103 Å². The molecular formula is C11H14N4OS. The molecule has 1 N–H and O–H groups in total. The van der Waals surface area contributed by atoms with Crippen LogP contribution in [0.15, 0.2) is 4.52 Å². The Kier molecular flexibility index (Phi) is 2.22. The van der Waals surface area contributed by atoms with E-state index in [9.17, 15) is 0 Å². The van der Waals surface area contributed by atoms with Gasteiger partial charge in [-0.2, -0.15) is 9.36 Å². The van der Waals surface area contributed by atoms with Crippen molar-refractivity contribution in [2.24, 2.45) is 0 Å². The van der Waals surface area contributed by atoms with Crippen LogP contribution in [0.1, 0.15) is 31.3 Å². The number of rotatable bonds is 3. The predicted molar refractivity (Wildman–Crippen MR) is 66.3 cm³/mol. The average molecular weight is 250 g/mol. The van der Waals surface area contributed by atoms with Crippen LogP contribution in [0.3, 0.4) is 0 Å². The zero-order valence-corrected chi connectivity index (χ0v) is 10.9. The van der Waals surface area contributed by atoms with Crippen molar-refractivity contribution in [3.63, 3.8) is 0 Å². The van der Waals surface area contributed by atoms with Gasteiger partial charge in [0.15, 0.2) is 5.82 Å². The first-order valence-electron chi connectivity index (χ1n) is 5.62. The standard InChI is InChI=1S/C11H14N4OS/c1-6-7(9(12-3)17-15-6)8-13-10(14-16-8)11(2)4-5-11/h12H,4-5H2,1-3H3. The van der Waals surface area contributed by atoms with Gasteiger partial charge in [0, 0.05) is 12.5 Å². The van der Waals surface area contributed by atoms with Gasteiger partial charge >= 0.3 is 0 Å². The van der Waals surface area contributed by atoms with Gasteiger partial charge in [-0.3, -0.25) is 0 Å². The SMILES string of the molecule is CNc1snc(C)c1-c1nc(C2(C)CC2)no1. The smallest absolute Gasteiger partial charge is 0.262 e. The van der Waals surface area contributed by atoms with Crippen molar-refractivity contribution in [2.75, 3.05) is 12.4 Å². The van der Waals surface area contributed by atoms with Crippen LogP contribution in [0.4, 0.5) is 5.00 Å². The molecule has 0 amide bonds. The number of anilines is 1. The van der Waals surface area contributed by atoms with Crippen molar-refractivity contribution < 1.29 is 4.52 Å². The first-order chi connectivity index (χ1) is 8.14. The number of nitrogens with zero attached hydrogens (tertiary/aromatic N) is 3. The Morgan fingerprint density at radius 2 is 2.18 bits per heavy atom. The summed E-state index contributed by atoms with van der Waals surface area (Å²) in [5, 5.41) is 8.16. The minimum atomic E-state index is 0.138. The highest BCUT2D eigenvalue weighted by Gasteiger charge is 2.43. The van der Waals surface area contributed by atoms with Crippen LogP contribution in [0.2, 0.25) is 0 Å². The van der Waals surface area contributed by atoms with E-state index in [0.717, 1.165) is 34.9 Å². The molecule has 0 aliphatic heterocycles. The third-order valence-electron chi connectivity index (χ3n) is 3.27. The molecule has 0 unspecified atom stereocenters. The average Bonchev–Trinajstić information content (AvgIpc) is 2.79. The summed E-state index contributed by atoms with van der Waals surface area (Å²) in [6.45, 7) is 4.12. The minimum Gasteiger partial charge on any atom is -0.378 e. The second-order valence-electron chi connectivity index (χ2n) is 4.71. The molecule has 0 radical (unpaired) electrons. The van der Waals surface area contributed by atoms with Gasteiger partial charge < -0.3 is 9.84 Å². The highest BCUT2D eigenvalue weighted by molar-refractivity contribution is 7.10. The lowest BCUT2D eigenvalue weighted by molar-refractivity contribution is 0.416. The van der Waals surface area contributed by atoms with Crippen LogP contribution in [0.5, 0.6) is 0 Å². The zero-order valence-electron chi connectivity index (χ0n) is 10.1. The summed E-state index contributed by atoms with van der Waals surface area (Å²) in [6, 6.07) is 0. The minimum absolute atomic E-state index is 0.138. The van der Waals surface area contributed by atoms with Gasteiger partial charge in [-0.1, -0.05) is 12.1 Å². The Balaban J connectivity index is 2.03. The maximum absolute atomic E-state index is 5.36. The van der Waals surface area contributed by atoms with Crippen molar-refractivity contribution >= 4 is 16.5 Å². The van der Waals surface area contributed by atoms with E-state index in [1.54, 1.807) is 0 Å². The molecular weight excluding hydrogens is 236 g/mol. The van der Waals surface area contributed by atoms with Gasteiger partial charge in [0.25, 0.3) is 5.89 Å². The topological polar surface area (TPSA) is 63.8 Å². The summed E-state index contributed by atoms with van der Waals surface area (Å²) >= 11 is 1.41. The van der Waals surface area contributed by atoms with E-state index in [0.29, 0.717) is 5.89 Å². The van der Waals surface area contributed by atoms with Crippen LogP contribution in [0, 0.1) is 6.92 Å². The number of hydrogen-bond donors (Lipinski definition) is 1. The molecule has 0 aromatic carbocycles. The van der Waals surface area contributed by atoms with Gasteiger partial charge in [0.1, 0.15) is 5.00 Å². The lowest BCUT2D eigenvalue weighted by Gasteiger charge is -1.98. The van der Waals surface area contributed by atoms with E-state index in [4.69, 9.17) is 4.52 Å². The van der Waals surface area contributed by atoms with Gasteiger partial charge in [-0.15, -0.1) is 0 Å². The quantitative estimate of drug-likeness (QED) is 0.907. The van der Waals surface area contributed by atoms with E-state index in [1.807, 2.05) is 14.0 Å². The van der Waals surface area contributed by atoms with Crippen molar-refractivity contribution in [2.45, 2.75) is 32.1 Å². The molecule has 5 nitrogen and oxygen atoms in total. The molecule has 1 fully saturated rings. The van der Waals surface area contributed by atoms with Crippen molar-refractivity contribution in [3.8, 4) is 11.5 Å². The lowest BCUT2D eigenvalue weighted by atomic mass is 10.1. The molecule has 0 spiro atoms. The molecule has 1 saturated carbocycles. The maximum atomic E-state index is 5.36. The monoisotopic (exact) mass is 250 g/mol. The summed E-state index contributed by atoms with van der Waals surface area (Å²) in [5.74, 6) is 1.39. The largest absolute Gasteiger partial charge is 0.378 e. The second-order valence-corrected chi connectivity index (χ2v) is 5.48. The highest BCUT2D eigenvalue weighted by Crippen LogP contribution is 2.46. The maximum Gasteiger partial charge on any atom is 0.262 e. The van der Waals surface area contributed by atoms with Gasteiger partial charge in [0.05, 0.1) is 11.3 Å². The summed E-state index contributed by atoms with van der Waals surface area (Å²) in [6.07, 6.45) is 2.29. The molecule has 6 heteroatoms. The summed E-state index contributed by atoms with van der Waals surface area (Å²) in [7, 11) is 1.87. The van der Waals surface area contributed by atoms with Crippen LogP contribution in [0.25, 0.3) is 11.5 Å². The fraction of sp³-hybridized carbons (Fsp3) is 0.545. The zero-order chi connectivity index (χ0) is 12.0. The Morgan fingerprint density at radius 3 is 2.82 bits per heavy atom. The van der Waals surface area contributed by atoms with Gasteiger partial charge in [-0.05, 0) is 31.3 Å². The highest BCUT2D eigenvalue weighted by atomic mass is 32.1. The molecule has 17 heavy (non-hydrogen) atoms. The first kappa shape index (κ1) is 10.7. The third kappa shape index (κ3) is 1.63. The van der Waals surface area contributed by atoms with Gasteiger partial charge in [-0.25, -0.2) is 0 Å². The third-order valence-corrected chi connectivity index (χ3v) is 4.23. The van der Waals surface area contributed by atoms with Crippen LogP contribution >= 0.6 is 11.5 Å². The molecule has 1 aliphatic carbocycles. The molecule has 2 aromatic rings. The molecule has 0 saturated heterocycles. The molecule has 0 atom stereocenters. The van der Waals surface area contributed by atoms with Gasteiger partial charge in [0.2, 0.25) is 0 Å². The fourth-order valence-electron chi connectivity index (χ4n) is 1.77. The Bertz CT molecular complexity index is 556. The Morgan fingerprint density at radius 1 is 1.41 bits per heavy atom. The van der Waals surface area contributed by atoms with E-state index >= 15 is 0 Å². The molecule has 0 bridgehead atoms. The first-order valence-corrected chi connectivity index (χ1v) is 6.40. The van der Waals surface area contributed by atoms with Crippen LogP contribution in [-0.2, 0) is 5.41 Å². The second kappa shape index (κ2) is 3.53. The molecule has 90 valence electrons. The van der Waals surface area contributed by atoms with E-state index in [-0.39, 0.29) is 5.41 Å². The molecule has 3 rings (SSSR count). The van der Waals surface area contributed by atoms with Crippen LogP contribution in [-0.4, -0.2) is 21.6 Å². The molecule has 2 heterocycles. The fourth-order valence-corrected chi connectivity index (χ4v) is 2.51.